The maximum atomic E-state index is 12.9. The zero-order chi connectivity index (χ0) is 19.0. The van der Waals surface area contributed by atoms with Crippen LogP contribution in [0.1, 0.15) is 28.6 Å². The van der Waals surface area contributed by atoms with Crippen molar-refractivity contribution in [2.45, 2.75) is 26.4 Å². The molecule has 8 nitrogen and oxygen atoms in total. The van der Waals surface area contributed by atoms with Gasteiger partial charge in [0.05, 0.1) is 24.9 Å². The second-order valence-electron chi connectivity index (χ2n) is 6.84. The summed E-state index contributed by atoms with van der Waals surface area (Å²) in [5.41, 5.74) is 4.01. The molecule has 0 aliphatic carbocycles. The molecule has 0 unspecified atom stereocenters. The predicted octanol–water partition coefficient (Wildman–Crippen LogP) is 2.05. The largest absolute Gasteiger partial charge is 0.454 e. The lowest BCUT2D eigenvalue weighted by molar-refractivity contribution is 0.0111. The Kier molecular flexibility index (Phi) is 4.65. The van der Waals surface area contributed by atoms with Crippen LogP contribution in [0.5, 0.6) is 11.5 Å². The van der Waals surface area contributed by atoms with E-state index >= 15 is 0 Å². The first-order valence-electron chi connectivity index (χ1n) is 9.05. The Morgan fingerprint density at radius 1 is 1.30 bits per heavy atom. The number of amides is 2. The van der Waals surface area contributed by atoms with E-state index in [0.717, 1.165) is 28.3 Å². The number of rotatable bonds is 3. The molecule has 0 radical (unpaired) electrons. The minimum Gasteiger partial charge on any atom is -0.454 e. The van der Waals surface area contributed by atoms with Crippen LogP contribution in [0.4, 0.5) is 4.79 Å². The molecule has 1 saturated heterocycles. The van der Waals surface area contributed by atoms with Crippen molar-refractivity contribution in [2.24, 2.45) is 7.05 Å². The van der Waals surface area contributed by atoms with Gasteiger partial charge in [0.15, 0.2) is 11.5 Å². The first-order valence-corrected chi connectivity index (χ1v) is 9.05. The molecule has 2 amide bonds. The normalized spacial score (nSPS) is 18.6. The van der Waals surface area contributed by atoms with Crippen molar-refractivity contribution in [1.82, 2.24) is 20.0 Å². The lowest BCUT2D eigenvalue weighted by atomic mass is 10.0. The molecule has 1 atom stereocenters. The fourth-order valence-corrected chi connectivity index (χ4v) is 3.69. The van der Waals surface area contributed by atoms with Crippen LogP contribution in [0.15, 0.2) is 18.2 Å². The SMILES string of the molecule is Cc1nn(C)c(C)c1[C@@H]1COCCN1C(=O)NCc1ccc2c(c1)OCO2. The van der Waals surface area contributed by atoms with Crippen LogP contribution in [-0.4, -0.2) is 47.3 Å². The van der Waals surface area contributed by atoms with Crippen LogP contribution >= 0.6 is 0 Å². The van der Waals surface area contributed by atoms with Gasteiger partial charge in [-0.3, -0.25) is 4.68 Å². The van der Waals surface area contributed by atoms with Crippen molar-refractivity contribution in [3.8, 4) is 11.5 Å². The Labute approximate surface area is 158 Å². The number of fused-ring (bicyclic) bond motifs is 1. The zero-order valence-electron chi connectivity index (χ0n) is 15.8. The van der Waals surface area contributed by atoms with Gasteiger partial charge in [-0.2, -0.15) is 5.10 Å². The van der Waals surface area contributed by atoms with Gasteiger partial charge in [-0.05, 0) is 31.5 Å². The van der Waals surface area contributed by atoms with Gasteiger partial charge in [0, 0.05) is 31.4 Å². The summed E-state index contributed by atoms with van der Waals surface area (Å²) in [4.78, 5) is 14.7. The van der Waals surface area contributed by atoms with E-state index in [9.17, 15) is 4.79 Å². The molecule has 2 aromatic rings. The van der Waals surface area contributed by atoms with Gasteiger partial charge in [-0.25, -0.2) is 4.79 Å². The van der Waals surface area contributed by atoms with E-state index in [-0.39, 0.29) is 18.9 Å². The third-order valence-corrected chi connectivity index (χ3v) is 5.17. The summed E-state index contributed by atoms with van der Waals surface area (Å²) in [6.45, 7) is 6.21. The molecule has 0 spiro atoms. The summed E-state index contributed by atoms with van der Waals surface area (Å²) in [6, 6.07) is 5.45. The van der Waals surface area contributed by atoms with Gasteiger partial charge in [0.1, 0.15) is 0 Å². The number of hydrogen-bond acceptors (Lipinski definition) is 5. The van der Waals surface area contributed by atoms with E-state index in [4.69, 9.17) is 14.2 Å². The summed E-state index contributed by atoms with van der Waals surface area (Å²) in [5.74, 6) is 1.45. The van der Waals surface area contributed by atoms with Crippen LogP contribution < -0.4 is 14.8 Å². The van der Waals surface area contributed by atoms with Gasteiger partial charge >= 0.3 is 6.03 Å². The topological polar surface area (TPSA) is 77.9 Å². The molecule has 4 rings (SSSR count). The van der Waals surface area contributed by atoms with Gasteiger partial charge in [-0.15, -0.1) is 0 Å². The van der Waals surface area contributed by atoms with Crippen LogP contribution in [0.3, 0.4) is 0 Å². The van der Waals surface area contributed by atoms with Crippen molar-refractivity contribution >= 4 is 6.03 Å². The number of carbonyl (C=O) groups excluding carboxylic acids is 1. The van der Waals surface area contributed by atoms with Crippen molar-refractivity contribution < 1.29 is 19.0 Å². The van der Waals surface area contributed by atoms with Crippen LogP contribution in [0, 0.1) is 13.8 Å². The van der Waals surface area contributed by atoms with Crippen molar-refractivity contribution in [1.29, 1.82) is 0 Å². The fourth-order valence-electron chi connectivity index (χ4n) is 3.69. The quantitative estimate of drug-likeness (QED) is 0.892. The number of carbonyl (C=O) groups is 1. The Morgan fingerprint density at radius 2 is 2.11 bits per heavy atom. The Balaban J connectivity index is 1.47. The van der Waals surface area contributed by atoms with Crippen LogP contribution in [0.25, 0.3) is 0 Å². The summed E-state index contributed by atoms with van der Waals surface area (Å²) in [5, 5.41) is 7.50. The molecule has 8 heteroatoms. The predicted molar refractivity (Wildman–Crippen MR) is 97.7 cm³/mol. The lowest BCUT2D eigenvalue weighted by Crippen LogP contribution is -2.48. The Bertz CT molecular complexity index is 864. The van der Waals surface area contributed by atoms with Gasteiger partial charge in [-0.1, -0.05) is 6.07 Å². The number of aryl methyl sites for hydroxylation is 2. The van der Waals surface area contributed by atoms with E-state index in [1.807, 2.05) is 48.7 Å². The molecule has 0 bridgehead atoms. The Hall–Kier alpha value is -2.74. The highest BCUT2D eigenvalue weighted by Crippen LogP contribution is 2.33. The second kappa shape index (κ2) is 7.11. The van der Waals surface area contributed by atoms with Gasteiger partial charge < -0.3 is 24.4 Å². The highest BCUT2D eigenvalue weighted by molar-refractivity contribution is 5.75. The molecule has 0 saturated carbocycles. The van der Waals surface area contributed by atoms with E-state index in [1.54, 1.807) is 0 Å². The van der Waals surface area contributed by atoms with Crippen LogP contribution in [0.2, 0.25) is 0 Å². The third-order valence-electron chi connectivity index (χ3n) is 5.17. The molecule has 1 fully saturated rings. The number of hydrogen-bond donors (Lipinski definition) is 1. The number of benzene rings is 1. The van der Waals surface area contributed by atoms with Crippen molar-refractivity contribution in [3.63, 3.8) is 0 Å². The molecule has 1 aromatic heterocycles. The molecule has 1 aromatic carbocycles. The van der Waals surface area contributed by atoms with E-state index < -0.39 is 0 Å². The minimum atomic E-state index is -0.135. The minimum absolute atomic E-state index is 0.108. The number of nitrogens with zero attached hydrogens (tertiary/aromatic N) is 3. The summed E-state index contributed by atoms with van der Waals surface area (Å²) >= 11 is 0. The van der Waals surface area contributed by atoms with Crippen molar-refractivity contribution in [2.75, 3.05) is 26.6 Å². The molecule has 2 aliphatic heterocycles. The number of ether oxygens (including phenoxy) is 3. The second-order valence-corrected chi connectivity index (χ2v) is 6.84. The zero-order valence-corrected chi connectivity index (χ0v) is 15.8. The summed E-state index contributed by atoms with van der Waals surface area (Å²) in [7, 11) is 1.92. The number of morpholine rings is 1. The number of aromatic nitrogens is 2. The standard InChI is InChI=1S/C19H24N4O4/c1-12-18(13(2)22(3)21-12)15-10-25-7-6-23(15)19(24)20-9-14-4-5-16-17(8-14)27-11-26-16/h4-5,8,15H,6-7,9-11H2,1-3H3,(H,20,24)/t15-/m0/s1. The molecule has 27 heavy (non-hydrogen) atoms. The van der Waals surface area contributed by atoms with Gasteiger partial charge in [0.2, 0.25) is 6.79 Å². The first-order chi connectivity index (χ1) is 13.0. The molecular formula is C19H24N4O4. The summed E-state index contributed by atoms with van der Waals surface area (Å²) in [6.07, 6.45) is 0. The highest BCUT2D eigenvalue weighted by Gasteiger charge is 2.32. The molecule has 3 heterocycles. The maximum absolute atomic E-state index is 12.9. The van der Waals surface area contributed by atoms with Crippen LogP contribution in [-0.2, 0) is 18.3 Å². The average Bonchev–Trinajstić information content (AvgIpc) is 3.23. The van der Waals surface area contributed by atoms with E-state index in [1.165, 1.54) is 0 Å². The average molecular weight is 372 g/mol. The molecular weight excluding hydrogens is 348 g/mol. The van der Waals surface area contributed by atoms with E-state index in [2.05, 4.69) is 10.4 Å². The molecule has 2 aliphatic rings. The Morgan fingerprint density at radius 3 is 2.89 bits per heavy atom. The highest BCUT2D eigenvalue weighted by atomic mass is 16.7. The van der Waals surface area contributed by atoms with E-state index in [0.29, 0.717) is 32.1 Å². The van der Waals surface area contributed by atoms with Gasteiger partial charge in [0.25, 0.3) is 0 Å². The van der Waals surface area contributed by atoms with Crippen molar-refractivity contribution in [3.05, 3.63) is 40.7 Å². The maximum Gasteiger partial charge on any atom is 0.318 e. The third kappa shape index (κ3) is 3.32. The smallest absolute Gasteiger partial charge is 0.318 e. The first kappa shape index (κ1) is 17.7. The number of nitrogens with one attached hydrogen (secondary N) is 1. The molecule has 144 valence electrons. The number of urea groups is 1. The fraction of sp³-hybridized carbons (Fsp3) is 0.474. The monoisotopic (exact) mass is 372 g/mol. The molecule has 1 N–H and O–H groups in total. The summed E-state index contributed by atoms with van der Waals surface area (Å²) < 4.78 is 18.2. The lowest BCUT2D eigenvalue weighted by Gasteiger charge is -2.36.